The van der Waals surface area contributed by atoms with Crippen LogP contribution in [0.5, 0.6) is 0 Å². The Bertz CT molecular complexity index is 1250. The van der Waals surface area contributed by atoms with Gasteiger partial charge in [0.1, 0.15) is 0 Å². The quantitative estimate of drug-likeness (QED) is 0.482. The molecule has 2 bridgehead atoms. The monoisotopic (exact) mass is 436 g/mol. The second-order valence-corrected chi connectivity index (χ2v) is 9.35. The van der Waals surface area contributed by atoms with E-state index in [4.69, 9.17) is 0 Å². The third-order valence-electron chi connectivity index (χ3n) is 7.32. The van der Waals surface area contributed by atoms with E-state index in [-0.39, 0.29) is 11.9 Å². The van der Waals surface area contributed by atoms with Gasteiger partial charge in [-0.25, -0.2) is 0 Å². The second-order valence-electron chi connectivity index (χ2n) is 9.35. The van der Waals surface area contributed by atoms with Crippen molar-refractivity contribution < 1.29 is 4.79 Å². The van der Waals surface area contributed by atoms with Crippen LogP contribution in [0, 0.1) is 0 Å². The minimum atomic E-state index is 0.0280. The molecule has 2 aromatic heterocycles. The molecule has 2 saturated heterocycles. The largest absolute Gasteiger partial charge is 0.349 e. The van der Waals surface area contributed by atoms with Crippen molar-refractivity contribution in [1.82, 2.24) is 19.8 Å². The number of benzene rings is 2. The van der Waals surface area contributed by atoms with Crippen LogP contribution >= 0.6 is 0 Å². The number of carbonyl (C=O) groups is 1. The molecule has 2 atom stereocenters. The lowest BCUT2D eigenvalue weighted by atomic mass is 9.96. The molecule has 2 aromatic carbocycles. The molecule has 1 N–H and O–H groups in total. The highest BCUT2D eigenvalue weighted by molar-refractivity contribution is 5.98. The maximum Gasteiger partial charge on any atom is 0.251 e. The number of aromatic nitrogens is 2. The number of nitrogens with one attached hydrogen (secondary N) is 1. The average Bonchev–Trinajstić information content (AvgIpc) is 3.37. The third-order valence-corrected chi connectivity index (χ3v) is 7.32. The molecule has 33 heavy (non-hydrogen) atoms. The minimum absolute atomic E-state index is 0.0280. The molecule has 4 heterocycles. The number of amides is 1. The Morgan fingerprint density at radius 3 is 2.45 bits per heavy atom. The van der Waals surface area contributed by atoms with Crippen molar-refractivity contribution in [2.45, 2.75) is 50.4 Å². The SMILES string of the molecule is O=C(NC1CC2CCC(C1)N2Cc1ccccc1)c1ccc2ccn(-c3ccncc3)c2c1. The Hall–Kier alpha value is -3.44. The fourth-order valence-corrected chi connectivity index (χ4v) is 5.71. The summed E-state index contributed by atoms with van der Waals surface area (Å²) in [6, 6.07) is 24.1. The Morgan fingerprint density at radius 2 is 1.70 bits per heavy atom. The number of fused-ring (bicyclic) bond motifs is 3. The number of pyridine rings is 1. The fraction of sp³-hybridized carbons (Fsp3) is 0.286. The number of hydrogen-bond donors (Lipinski definition) is 1. The van der Waals surface area contributed by atoms with Gasteiger partial charge in [-0.05, 0) is 67.0 Å². The van der Waals surface area contributed by atoms with E-state index in [2.05, 4.69) is 56.2 Å². The lowest BCUT2D eigenvalue weighted by molar-refractivity contribution is 0.0828. The van der Waals surface area contributed by atoms with Gasteiger partial charge in [0, 0.05) is 54.5 Å². The van der Waals surface area contributed by atoms with Gasteiger partial charge in [0.2, 0.25) is 0 Å². The van der Waals surface area contributed by atoms with Crippen LogP contribution in [0.4, 0.5) is 0 Å². The van der Waals surface area contributed by atoms with Crippen LogP contribution in [0.15, 0.2) is 85.3 Å². The Balaban J connectivity index is 1.16. The molecule has 2 aliphatic rings. The lowest BCUT2D eigenvalue weighted by Crippen LogP contribution is -2.49. The van der Waals surface area contributed by atoms with Crippen LogP contribution in [0.25, 0.3) is 16.6 Å². The van der Waals surface area contributed by atoms with E-state index >= 15 is 0 Å². The summed E-state index contributed by atoms with van der Waals surface area (Å²) in [6.45, 7) is 1.01. The van der Waals surface area contributed by atoms with Gasteiger partial charge in [-0.15, -0.1) is 0 Å². The van der Waals surface area contributed by atoms with Crippen molar-refractivity contribution in [2.75, 3.05) is 0 Å². The summed E-state index contributed by atoms with van der Waals surface area (Å²) in [5.41, 5.74) is 4.17. The molecule has 0 saturated carbocycles. The number of nitrogens with zero attached hydrogens (tertiary/aromatic N) is 3. The molecule has 2 unspecified atom stereocenters. The van der Waals surface area contributed by atoms with E-state index in [9.17, 15) is 4.79 Å². The molecule has 2 fully saturated rings. The van der Waals surface area contributed by atoms with Gasteiger partial charge in [0.15, 0.2) is 0 Å². The summed E-state index contributed by atoms with van der Waals surface area (Å²) in [6.07, 6.45) is 10.1. The predicted molar refractivity (Wildman–Crippen MR) is 130 cm³/mol. The first-order chi connectivity index (χ1) is 16.2. The second kappa shape index (κ2) is 8.49. The topological polar surface area (TPSA) is 50.2 Å². The van der Waals surface area contributed by atoms with Gasteiger partial charge in [-0.2, -0.15) is 0 Å². The number of piperidine rings is 1. The zero-order valence-corrected chi connectivity index (χ0v) is 18.6. The first-order valence-corrected chi connectivity index (χ1v) is 11.9. The van der Waals surface area contributed by atoms with E-state index in [0.29, 0.717) is 12.1 Å². The summed E-state index contributed by atoms with van der Waals surface area (Å²) in [5, 5.41) is 4.47. The minimum Gasteiger partial charge on any atom is -0.349 e. The molecule has 5 heteroatoms. The van der Waals surface area contributed by atoms with Crippen molar-refractivity contribution in [2.24, 2.45) is 0 Å². The number of carbonyl (C=O) groups excluding carboxylic acids is 1. The molecular weight excluding hydrogens is 408 g/mol. The molecule has 6 rings (SSSR count). The third kappa shape index (κ3) is 3.93. The molecule has 1 amide bonds. The fourth-order valence-electron chi connectivity index (χ4n) is 5.71. The zero-order valence-electron chi connectivity index (χ0n) is 18.6. The molecule has 0 spiro atoms. The summed E-state index contributed by atoms with van der Waals surface area (Å²) in [5.74, 6) is 0.0280. The first kappa shape index (κ1) is 20.2. The lowest BCUT2D eigenvalue weighted by Gasteiger charge is -2.39. The van der Waals surface area contributed by atoms with Crippen LogP contribution < -0.4 is 5.32 Å². The van der Waals surface area contributed by atoms with Crippen LogP contribution in [0.1, 0.15) is 41.6 Å². The molecule has 2 aliphatic heterocycles. The summed E-state index contributed by atoms with van der Waals surface area (Å²) in [4.78, 5) is 20.0. The van der Waals surface area contributed by atoms with Crippen LogP contribution in [0.3, 0.4) is 0 Å². The standard InChI is InChI=1S/C28H28N4O/c33-28(22-7-6-21-12-15-31(27(21)16-22)24-10-13-29-14-11-24)30-23-17-25-8-9-26(18-23)32(25)19-20-4-2-1-3-5-20/h1-7,10-16,23,25-26H,8-9,17-19H2,(H,30,33). The van der Waals surface area contributed by atoms with Gasteiger partial charge >= 0.3 is 0 Å². The maximum atomic E-state index is 13.2. The van der Waals surface area contributed by atoms with Crippen molar-refractivity contribution in [1.29, 1.82) is 0 Å². The summed E-state index contributed by atoms with van der Waals surface area (Å²) in [7, 11) is 0. The van der Waals surface area contributed by atoms with E-state index in [1.54, 1.807) is 12.4 Å². The number of hydrogen-bond acceptors (Lipinski definition) is 3. The predicted octanol–water partition coefficient (Wildman–Crippen LogP) is 4.95. The molecule has 5 nitrogen and oxygen atoms in total. The van der Waals surface area contributed by atoms with E-state index in [0.717, 1.165) is 41.5 Å². The highest BCUT2D eigenvalue weighted by Gasteiger charge is 2.40. The van der Waals surface area contributed by atoms with E-state index < -0.39 is 0 Å². The summed E-state index contributed by atoms with van der Waals surface area (Å²) < 4.78 is 2.11. The van der Waals surface area contributed by atoms with Gasteiger partial charge in [-0.3, -0.25) is 14.7 Å². The smallest absolute Gasteiger partial charge is 0.251 e. The molecule has 166 valence electrons. The maximum absolute atomic E-state index is 13.2. The van der Waals surface area contributed by atoms with E-state index in [1.807, 2.05) is 36.5 Å². The van der Waals surface area contributed by atoms with Crippen molar-refractivity contribution >= 4 is 16.8 Å². The van der Waals surface area contributed by atoms with E-state index in [1.165, 1.54) is 18.4 Å². The van der Waals surface area contributed by atoms with Gasteiger partial charge in [0.05, 0.1) is 5.52 Å². The Kier molecular flexibility index (Phi) is 5.19. The van der Waals surface area contributed by atoms with Gasteiger partial charge in [0.25, 0.3) is 5.91 Å². The highest BCUT2D eigenvalue weighted by atomic mass is 16.1. The normalized spacial score (nSPS) is 22.5. The van der Waals surface area contributed by atoms with Crippen molar-refractivity contribution in [3.8, 4) is 5.69 Å². The summed E-state index contributed by atoms with van der Waals surface area (Å²) >= 11 is 0. The van der Waals surface area contributed by atoms with Crippen molar-refractivity contribution in [3.63, 3.8) is 0 Å². The molecule has 4 aromatic rings. The van der Waals surface area contributed by atoms with Crippen molar-refractivity contribution in [3.05, 3.63) is 96.4 Å². The average molecular weight is 437 g/mol. The van der Waals surface area contributed by atoms with Crippen LogP contribution in [-0.4, -0.2) is 38.5 Å². The molecule has 0 radical (unpaired) electrons. The van der Waals surface area contributed by atoms with Gasteiger partial charge in [-0.1, -0.05) is 36.4 Å². The highest BCUT2D eigenvalue weighted by Crippen LogP contribution is 2.37. The van der Waals surface area contributed by atoms with Crippen LogP contribution in [-0.2, 0) is 6.54 Å². The number of rotatable bonds is 5. The van der Waals surface area contributed by atoms with Gasteiger partial charge < -0.3 is 9.88 Å². The van der Waals surface area contributed by atoms with Crippen LogP contribution in [0.2, 0.25) is 0 Å². The molecule has 0 aliphatic carbocycles. The zero-order chi connectivity index (χ0) is 22.2. The first-order valence-electron chi connectivity index (χ1n) is 11.9. The Morgan fingerprint density at radius 1 is 0.939 bits per heavy atom. The Labute approximate surface area is 194 Å². The molecular formula is C28H28N4O.